The molecule has 0 aliphatic heterocycles. The molecule has 1 unspecified atom stereocenters. The third-order valence-corrected chi connectivity index (χ3v) is 3.06. The van der Waals surface area contributed by atoms with Gasteiger partial charge in [-0.2, -0.15) is 0 Å². The summed E-state index contributed by atoms with van der Waals surface area (Å²) in [6, 6.07) is 0. The predicted molar refractivity (Wildman–Crippen MR) is 60.8 cm³/mol. The van der Waals surface area contributed by atoms with Crippen LogP contribution in [-0.4, -0.2) is 23.6 Å². The van der Waals surface area contributed by atoms with Crippen molar-refractivity contribution < 1.29 is 0 Å². The molecule has 15 heavy (non-hydrogen) atoms. The fourth-order valence-corrected chi connectivity index (χ4v) is 2.50. The molecule has 0 bridgehead atoms. The lowest BCUT2D eigenvalue weighted by Crippen LogP contribution is -2.24. The van der Waals surface area contributed by atoms with E-state index in [2.05, 4.69) is 15.3 Å². The Hall–Kier alpha value is -1.16. The summed E-state index contributed by atoms with van der Waals surface area (Å²) in [5.41, 5.74) is 9.20. The summed E-state index contributed by atoms with van der Waals surface area (Å²) in [4.78, 5) is 8.60. The van der Waals surface area contributed by atoms with Crippen molar-refractivity contribution in [1.29, 1.82) is 0 Å². The number of nitrogens with two attached hydrogens (primary N) is 1. The fourth-order valence-electron chi connectivity index (χ4n) is 2.50. The highest BCUT2D eigenvalue weighted by molar-refractivity contribution is 5.35. The second-order valence-corrected chi connectivity index (χ2v) is 4.17. The molecule has 0 aromatic carbocycles. The first-order valence-corrected chi connectivity index (χ1v) is 5.50. The molecule has 2 rings (SSSR count). The zero-order valence-corrected chi connectivity index (χ0v) is 9.38. The van der Waals surface area contributed by atoms with E-state index in [9.17, 15) is 0 Å². The molecule has 1 aliphatic rings. The van der Waals surface area contributed by atoms with Gasteiger partial charge in [0.05, 0.1) is 0 Å². The van der Waals surface area contributed by atoms with E-state index < -0.39 is 0 Å². The zero-order valence-electron chi connectivity index (χ0n) is 9.38. The van der Waals surface area contributed by atoms with Crippen LogP contribution in [0.15, 0.2) is 0 Å². The molecule has 1 aliphatic carbocycles. The average molecular weight is 206 g/mol. The number of nitrogens with one attached hydrogen (secondary N) is 1. The summed E-state index contributed by atoms with van der Waals surface area (Å²) < 4.78 is 0. The lowest BCUT2D eigenvalue weighted by molar-refractivity contribution is 0.516. The van der Waals surface area contributed by atoms with Crippen LogP contribution >= 0.6 is 0 Å². The van der Waals surface area contributed by atoms with E-state index in [-0.39, 0.29) is 0 Å². The Morgan fingerprint density at radius 1 is 1.47 bits per heavy atom. The number of anilines is 1. The summed E-state index contributed by atoms with van der Waals surface area (Å²) in [6.07, 6.45) is 3.47. The minimum absolute atomic E-state index is 0.413. The molecule has 0 spiro atoms. The quantitative estimate of drug-likeness (QED) is 0.758. The number of hydrogen-bond donors (Lipinski definition) is 2. The first-order chi connectivity index (χ1) is 7.22. The first kappa shape index (κ1) is 10.4. The third kappa shape index (κ3) is 1.95. The molecule has 1 heterocycles. The van der Waals surface area contributed by atoms with E-state index >= 15 is 0 Å². The molecule has 0 saturated heterocycles. The second-order valence-electron chi connectivity index (χ2n) is 4.17. The highest BCUT2D eigenvalue weighted by Gasteiger charge is 2.23. The molecule has 1 aromatic heterocycles. The lowest BCUT2D eigenvalue weighted by Gasteiger charge is -2.25. The van der Waals surface area contributed by atoms with Crippen LogP contribution in [0.2, 0.25) is 0 Å². The molecule has 0 saturated carbocycles. The first-order valence-electron chi connectivity index (χ1n) is 5.50. The van der Waals surface area contributed by atoms with Gasteiger partial charge in [0.25, 0.3) is 0 Å². The van der Waals surface area contributed by atoms with Crippen LogP contribution in [0, 0.1) is 6.92 Å². The molecule has 1 atom stereocenters. The number of fused-ring (bicyclic) bond motifs is 1. The van der Waals surface area contributed by atoms with Crippen molar-refractivity contribution in [3.8, 4) is 0 Å². The van der Waals surface area contributed by atoms with Crippen molar-refractivity contribution in [3.63, 3.8) is 0 Å². The van der Waals surface area contributed by atoms with Gasteiger partial charge in [-0.3, -0.25) is 0 Å². The second kappa shape index (κ2) is 4.14. The van der Waals surface area contributed by atoms with Crippen molar-refractivity contribution in [2.45, 2.75) is 32.1 Å². The zero-order chi connectivity index (χ0) is 10.8. The average Bonchev–Trinajstić information content (AvgIpc) is 2.17. The van der Waals surface area contributed by atoms with Gasteiger partial charge in [0.1, 0.15) is 0 Å². The number of aryl methyl sites for hydroxylation is 2. The van der Waals surface area contributed by atoms with Crippen LogP contribution in [0.3, 0.4) is 0 Å². The number of hydrogen-bond acceptors (Lipinski definition) is 4. The predicted octanol–water partition coefficient (Wildman–Crippen LogP) is 1.01. The Morgan fingerprint density at radius 2 is 2.27 bits per heavy atom. The van der Waals surface area contributed by atoms with Crippen molar-refractivity contribution >= 4 is 5.95 Å². The van der Waals surface area contributed by atoms with Gasteiger partial charge in [0.15, 0.2) is 0 Å². The number of aromatic nitrogens is 2. The fraction of sp³-hybridized carbons (Fsp3) is 0.636. The van der Waals surface area contributed by atoms with Crippen molar-refractivity contribution in [3.05, 3.63) is 17.0 Å². The Balaban J connectivity index is 2.41. The molecular formula is C11H18N4. The van der Waals surface area contributed by atoms with Crippen molar-refractivity contribution in [2.24, 2.45) is 0 Å². The number of nitrogen functional groups attached to an aromatic ring is 1. The third-order valence-electron chi connectivity index (χ3n) is 3.06. The van der Waals surface area contributed by atoms with Crippen LogP contribution < -0.4 is 11.1 Å². The maximum Gasteiger partial charge on any atom is 0.220 e. The lowest BCUT2D eigenvalue weighted by atomic mass is 9.84. The molecule has 1 aromatic rings. The van der Waals surface area contributed by atoms with E-state index in [4.69, 9.17) is 5.73 Å². The minimum Gasteiger partial charge on any atom is -0.368 e. The van der Waals surface area contributed by atoms with E-state index in [0.29, 0.717) is 11.9 Å². The highest BCUT2D eigenvalue weighted by atomic mass is 15.0. The van der Waals surface area contributed by atoms with Crippen LogP contribution in [0.5, 0.6) is 0 Å². The van der Waals surface area contributed by atoms with Gasteiger partial charge in [0, 0.05) is 17.9 Å². The molecule has 4 heteroatoms. The SMILES string of the molecule is CNCC1CCCc2nc(N)nc(C)c21. The largest absolute Gasteiger partial charge is 0.368 e. The van der Waals surface area contributed by atoms with Crippen molar-refractivity contribution in [2.75, 3.05) is 19.3 Å². The molecule has 82 valence electrons. The van der Waals surface area contributed by atoms with Crippen LogP contribution in [0.25, 0.3) is 0 Å². The maximum absolute atomic E-state index is 5.66. The summed E-state index contributed by atoms with van der Waals surface area (Å²) in [6.45, 7) is 3.03. The maximum atomic E-state index is 5.66. The number of likely N-dealkylation sites (N-methyl/N-ethyl adjacent to an activating group) is 1. The topological polar surface area (TPSA) is 63.8 Å². The Morgan fingerprint density at radius 3 is 3.00 bits per heavy atom. The van der Waals surface area contributed by atoms with Crippen LogP contribution in [0.4, 0.5) is 5.95 Å². The van der Waals surface area contributed by atoms with Gasteiger partial charge in [-0.1, -0.05) is 0 Å². The monoisotopic (exact) mass is 206 g/mol. The molecule has 0 radical (unpaired) electrons. The van der Waals surface area contributed by atoms with Gasteiger partial charge in [-0.15, -0.1) is 0 Å². The van der Waals surface area contributed by atoms with E-state index in [0.717, 1.165) is 24.4 Å². The standard InChI is InChI=1S/C11H18N4/c1-7-10-8(6-13-2)4-3-5-9(10)15-11(12)14-7/h8,13H,3-6H2,1-2H3,(H2,12,14,15). The van der Waals surface area contributed by atoms with E-state index in [1.54, 1.807) is 0 Å². The van der Waals surface area contributed by atoms with Gasteiger partial charge in [0.2, 0.25) is 5.95 Å². The summed E-state index contributed by atoms with van der Waals surface area (Å²) >= 11 is 0. The number of nitrogens with zero attached hydrogens (tertiary/aromatic N) is 2. The molecule has 4 nitrogen and oxygen atoms in total. The Kier molecular flexibility index (Phi) is 2.86. The van der Waals surface area contributed by atoms with Crippen LogP contribution in [-0.2, 0) is 6.42 Å². The van der Waals surface area contributed by atoms with Gasteiger partial charge in [-0.05, 0) is 44.7 Å². The van der Waals surface area contributed by atoms with E-state index in [1.165, 1.54) is 18.4 Å². The smallest absolute Gasteiger partial charge is 0.220 e. The molecular weight excluding hydrogens is 188 g/mol. The van der Waals surface area contributed by atoms with Gasteiger partial charge < -0.3 is 11.1 Å². The number of rotatable bonds is 2. The summed E-state index contributed by atoms with van der Waals surface area (Å²) in [7, 11) is 1.99. The summed E-state index contributed by atoms with van der Waals surface area (Å²) in [5.74, 6) is 0.968. The Bertz CT molecular complexity index is 362. The van der Waals surface area contributed by atoms with Crippen molar-refractivity contribution in [1.82, 2.24) is 15.3 Å². The Labute approximate surface area is 90.3 Å². The highest BCUT2D eigenvalue weighted by Crippen LogP contribution is 2.32. The van der Waals surface area contributed by atoms with E-state index in [1.807, 2.05) is 14.0 Å². The molecule has 0 fully saturated rings. The summed E-state index contributed by atoms with van der Waals surface area (Å²) in [5, 5.41) is 3.23. The molecule has 0 amide bonds. The van der Waals surface area contributed by atoms with Gasteiger partial charge >= 0.3 is 0 Å². The van der Waals surface area contributed by atoms with Gasteiger partial charge in [-0.25, -0.2) is 9.97 Å². The molecule has 3 N–H and O–H groups in total. The minimum atomic E-state index is 0.413. The van der Waals surface area contributed by atoms with Crippen LogP contribution in [0.1, 0.15) is 35.7 Å². The normalized spacial score (nSPS) is 20.0.